The summed E-state index contributed by atoms with van der Waals surface area (Å²) in [5.41, 5.74) is 1.37. The van der Waals surface area contributed by atoms with Crippen molar-refractivity contribution < 1.29 is 14.7 Å². The Balaban J connectivity index is 1.99. The summed E-state index contributed by atoms with van der Waals surface area (Å²) in [5, 5.41) is 11.4. The number of nitrogens with one attached hydrogen (secondary N) is 1. The first kappa shape index (κ1) is 10.6. The molecule has 1 fully saturated rings. The highest BCUT2D eigenvalue weighted by atomic mass is 16.4. The maximum absolute atomic E-state index is 11.6. The number of pyridine rings is 1. The van der Waals surface area contributed by atoms with Crippen LogP contribution in [-0.4, -0.2) is 22.0 Å². The number of carbonyl (C=O) groups excluding carboxylic acids is 1. The van der Waals surface area contributed by atoms with Gasteiger partial charge in [0.2, 0.25) is 5.91 Å². The molecule has 2 N–H and O–H groups in total. The van der Waals surface area contributed by atoms with Gasteiger partial charge in [-0.3, -0.25) is 14.6 Å². The number of carboxylic acid groups (broad SMARTS) is 1. The highest BCUT2D eigenvalue weighted by Crippen LogP contribution is 2.39. The molecule has 1 amide bonds. The summed E-state index contributed by atoms with van der Waals surface area (Å²) in [6, 6.07) is 3.47. The van der Waals surface area contributed by atoms with Crippen molar-refractivity contribution in [2.24, 2.45) is 11.8 Å². The molecule has 0 aliphatic heterocycles. The highest BCUT2D eigenvalue weighted by Gasteiger charge is 2.48. The quantitative estimate of drug-likeness (QED) is 0.797. The van der Waals surface area contributed by atoms with Crippen molar-refractivity contribution in [3.63, 3.8) is 0 Å². The molecule has 2 rings (SSSR count). The minimum Gasteiger partial charge on any atom is -0.481 e. The molecule has 0 spiro atoms. The maximum Gasteiger partial charge on any atom is 0.307 e. The predicted octanol–water partition coefficient (Wildman–Crippen LogP) is 1.05. The first-order chi connectivity index (χ1) is 7.59. The molecule has 0 radical (unpaired) electrons. The number of carbonyl (C=O) groups is 2. The van der Waals surface area contributed by atoms with E-state index in [0.29, 0.717) is 12.1 Å². The number of nitrogens with zero attached hydrogens (tertiary/aromatic N) is 1. The smallest absolute Gasteiger partial charge is 0.307 e. The van der Waals surface area contributed by atoms with Crippen LogP contribution in [0.5, 0.6) is 0 Å². The highest BCUT2D eigenvalue weighted by molar-refractivity contribution is 5.98. The molecule has 5 heteroatoms. The van der Waals surface area contributed by atoms with Gasteiger partial charge in [0.25, 0.3) is 0 Å². The third-order valence-electron chi connectivity index (χ3n) is 2.71. The van der Waals surface area contributed by atoms with Crippen molar-refractivity contribution in [1.29, 1.82) is 0 Å². The van der Waals surface area contributed by atoms with E-state index in [4.69, 9.17) is 5.11 Å². The Morgan fingerprint density at radius 2 is 2.25 bits per heavy atom. The lowest BCUT2D eigenvalue weighted by molar-refractivity contribution is -0.139. The SMILES string of the molecule is Cc1ncccc1NC(=O)[C@@H]1C[C@@H]1C(=O)O. The van der Waals surface area contributed by atoms with Crippen LogP contribution in [0, 0.1) is 18.8 Å². The van der Waals surface area contributed by atoms with Gasteiger partial charge in [-0.15, -0.1) is 0 Å². The van der Waals surface area contributed by atoms with E-state index < -0.39 is 17.8 Å². The van der Waals surface area contributed by atoms with Crippen LogP contribution in [0.4, 0.5) is 5.69 Å². The number of carboxylic acids is 1. The summed E-state index contributed by atoms with van der Waals surface area (Å²) in [7, 11) is 0. The molecule has 1 aliphatic carbocycles. The van der Waals surface area contributed by atoms with E-state index in [1.165, 1.54) is 0 Å². The maximum atomic E-state index is 11.6. The van der Waals surface area contributed by atoms with Gasteiger partial charge in [0.1, 0.15) is 0 Å². The zero-order valence-electron chi connectivity index (χ0n) is 8.80. The average Bonchev–Trinajstić information content (AvgIpc) is 3.01. The zero-order chi connectivity index (χ0) is 11.7. The number of aliphatic carboxylic acids is 1. The lowest BCUT2D eigenvalue weighted by Crippen LogP contribution is -2.17. The molecule has 0 saturated heterocycles. The van der Waals surface area contributed by atoms with E-state index in [9.17, 15) is 9.59 Å². The first-order valence-corrected chi connectivity index (χ1v) is 5.05. The van der Waals surface area contributed by atoms with Crippen LogP contribution >= 0.6 is 0 Å². The molecule has 1 aliphatic rings. The zero-order valence-corrected chi connectivity index (χ0v) is 8.80. The summed E-state index contributed by atoms with van der Waals surface area (Å²) in [6.45, 7) is 1.79. The molecule has 1 heterocycles. The van der Waals surface area contributed by atoms with E-state index in [1.54, 1.807) is 25.3 Å². The molecule has 0 bridgehead atoms. The fourth-order valence-electron chi connectivity index (χ4n) is 1.60. The molecule has 16 heavy (non-hydrogen) atoms. The molecule has 1 saturated carbocycles. The van der Waals surface area contributed by atoms with Crippen LogP contribution in [0.3, 0.4) is 0 Å². The molecule has 1 aromatic rings. The predicted molar refractivity (Wildman–Crippen MR) is 56.8 cm³/mol. The van der Waals surface area contributed by atoms with Crippen molar-refractivity contribution in [3.05, 3.63) is 24.0 Å². The summed E-state index contributed by atoms with van der Waals surface area (Å²) < 4.78 is 0. The molecule has 1 aromatic heterocycles. The summed E-state index contributed by atoms with van der Waals surface area (Å²) >= 11 is 0. The Kier molecular flexibility index (Phi) is 2.60. The van der Waals surface area contributed by atoms with Crippen LogP contribution < -0.4 is 5.32 Å². The van der Waals surface area contributed by atoms with E-state index in [2.05, 4.69) is 10.3 Å². The van der Waals surface area contributed by atoms with Crippen LogP contribution in [0.2, 0.25) is 0 Å². The van der Waals surface area contributed by atoms with Crippen molar-refractivity contribution in [2.45, 2.75) is 13.3 Å². The molecule has 2 atom stereocenters. The summed E-state index contributed by atoms with van der Waals surface area (Å²) in [5.74, 6) is -2.04. The monoisotopic (exact) mass is 220 g/mol. The third-order valence-corrected chi connectivity index (χ3v) is 2.71. The van der Waals surface area contributed by atoms with Crippen molar-refractivity contribution in [1.82, 2.24) is 4.98 Å². The third kappa shape index (κ3) is 2.03. The number of hydrogen-bond donors (Lipinski definition) is 2. The molecule has 5 nitrogen and oxygen atoms in total. The molecule has 84 valence electrons. The minimum atomic E-state index is -0.900. The van der Waals surface area contributed by atoms with Crippen LogP contribution in [-0.2, 0) is 9.59 Å². The molecular formula is C11H12N2O3. The summed E-state index contributed by atoms with van der Waals surface area (Å²) in [6.07, 6.45) is 2.07. The Morgan fingerprint density at radius 1 is 1.50 bits per heavy atom. The Labute approximate surface area is 92.5 Å². The second-order valence-electron chi connectivity index (χ2n) is 3.91. The molecule has 0 unspecified atom stereocenters. The van der Waals surface area contributed by atoms with E-state index >= 15 is 0 Å². The topological polar surface area (TPSA) is 79.3 Å². The number of aromatic nitrogens is 1. The van der Waals surface area contributed by atoms with E-state index in [-0.39, 0.29) is 5.91 Å². The fourth-order valence-corrected chi connectivity index (χ4v) is 1.60. The molecular weight excluding hydrogens is 208 g/mol. The normalized spacial score (nSPS) is 22.6. The van der Waals surface area contributed by atoms with Gasteiger partial charge in [0.15, 0.2) is 0 Å². The average molecular weight is 220 g/mol. The number of hydrogen-bond acceptors (Lipinski definition) is 3. The lowest BCUT2D eigenvalue weighted by Gasteiger charge is -2.06. The van der Waals surface area contributed by atoms with Crippen molar-refractivity contribution >= 4 is 17.6 Å². The van der Waals surface area contributed by atoms with Crippen LogP contribution in [0.15, 0.2) is 18.3 Å². The fraction of sp³-hybridized carbons (Fsp3) is 0.364. The van der Waals surface area contributed by atoms with Gasteiger partial charge in [-0.05, 0) is 25.5 Å². The number of amides is 1. The Morgan fingerprint density at radius 3 is 2.81 bits per heavy atom. The number of aryl methyl sites for hydroxylation is 1. The number of rotatable bonds is 3. The lowest BCUT2D eigenvalue weighted by atomic mass is 10.2. The van der Waals surface area contributed by atoms with Gasteiger partial charge in [0, 0.05) is 6.20 Å². The largest absolute Gasteiger partial charge is 0.481 e. The van der Waals surface area contributed by atoms with Gasteiger partial charge in [-0.2, -0.15) is 0 Å². The van der Waals surface area contributed by atoms with Gasteiger partial charge in [-0.25, -0.2) is 0 Å². The number of anilines is 1. The van der Waals surface area contributed by atoms with Gasteiger partial charge in [0.05, 0.1) is 23.2 Å². The minimum absolute atomic E-state index is 0.233. The Hall–Kier alpha value is -1.91. The Bertz CT molecular complexity index is 445. The van der Waals surface area contributed by atoms with Gasteiger partial charge < -0.3 is 10.4 Å². The van der Waals surface area contributed by atoms with Gasteiger partial charge in [-0.1, -0.05) is 0 Å². The van der Waals surface area contributed by atoms with E-state index in [0.717, 1.165) is 5.69 Å². The van der Waals surface area contributed by atoms with Crippen LogP contribution in [0.25, 0.3) is 0 Å². The summed E-state index contributed by atoms with van der Waals surface area (Å²) in [4.78, 5) is 26.3. The van der Waals surface area contributed by atoms with E-state index in [1.807, 2.05) is 0 Å². The second kappa shape index (κ2) is 3.92. The standard InChI is InChI=1S/C11H12N2O3/c1-6-9(3-2-4-12-6)13-10(14)7-5-8(7)11(15)16/h2-4,7-8H,5H2,1H3,(H,13,14)(H,15,16)/t7-,8+/m1/s1. The van der Waals surface area contributed by atoms with Crippen molar-refractivity contribution in [3.8, 4) is 0 Å². The van der Waals surface area contributed by atoms with Gasteiger partial charge >= 0.3 is 5.97 Å². The molecule has 0 aromatic carbocycles. The van der Waals surface area contributed by atoms with Crippen molar-refractivity contribution in [2.75, 3.05) is 5.32 Å². The second-order valence-corrected chi connectivity index (χ2v) is 3.91. The van der Waals surface area contributed by atoms with Crippen LogP contribution in [0.1, 0.15) is 12.1 Å². The first-order valence-electron chi connectivity index (χ1n) is 5.05.